The number of hydrogen-bond acceptors (Lipinski definition) is 9. The van der Waals surface area contributed by atoms with E-state index in [1.807, 2.05) is 61.7 Å². The third-order valence-corrected chi connectivity index (χ3v) is 8.51. The van der Waals surface area contributed by atoms with Crippen molar-refractivity contribution in [2.75, 3.05) is 20.3 Å². The van der Waals surface area contributed by atoms with E-state index in [9.17, 15) is 14.4 Å². The number of ether oxygens (including phenoxy) is 4. The summed E-state index contributed by atoms with van der Waals surface area (Å²) < 4.78 is 26.1. The van der Waals surface area contributed by atoms with E-state index < -0.39 is 12.0 Å². The molecule has 0 N–H and O–H groups in total. The summed E-state index contributed by atoms with van der Waals surface area (Å²) in [5.74, 6) is 0.148. The first-order chi connectivity index (χ1) is 21.6. The van der Waals surface area contributed by atoms with Crippen molar-refractivity contribution in [2.45, 2.75) is 60.2 Å². The minimum Gasteiger partial charge on any atom is -0.493 e. The molecule has 0 bridgehead atoms. The number of benzene rings is 2. The largest absolute Gasteiger partial charge is 0.493 e. The van der Waals surface area contributed by atoms with Crippen molar-refractivity contribution in [1.29, 1.82) is 0 Å². The molecule has 0 amide bonds. The molecule has 236 valence electrons. The fourth-order valence-electron chi connectivity index (χ4n) is 5.62. The summed E-state index contributed by atoms with van der Waals surface area (Å²) in [6, 6.07) is 12.3. The van der Waals surface area contributed by atoms with E-state index in [0.29, 0.717) is 38.7 Å². The number of carbonyl (C=O) groups excluding carboxylic acids is 2. The lowest BCUT2D eigenvalue weighted by Gasteiger charge is -2.25. The zero-order valence-electron chi connectivity index (χ0n) is 26.5. The van der Waals surface area contributed by atoms with E-state index >= 15 is 0 Å². The normalized spacial score (nSPS) is 14.8. The van der Waals surface area contributed by atoms with Gasteiger partial charge in [0, 0.05) is 22.2 Å². The molecule has 0 saturated heterocycles. The standard InChI is InChI=1S/C34H37N3O7S/c1-8-42-29(38)18-36-21(6)24(23-12-10-11-13-25(23)36)17-28-32(39)37-31(22-14-15-26(44-19(3)4)27(16-22)41-7)30(33(40)43-9-2)20(5)35-34(37)45-28/h10-17,19,31H,8-9,18H2,1-7H3/b28-17+/t31-/m0/s1. The highest BCUT2D eigenvalue weighted by Gasteiger charge is 2.34. The van der Waals surface area contributed by atoms with Crippen LogP contribution < -0.4 is 24.4 Å². The molecule has 0 aliphatic carbocycles. The lowest BCUT2D eigenvalue weighted by atomic mass is 9.95. The fourth-order valence-corrected chi connectivity index (χ4v) is 6.65. The molecule has 3 heterocycles. The summed E-state index contributed by atoms with van der Waals surface area (Å²) in [6.07, 6.45) is 1.76. The van der Waals surface area contributed by atoms with Crippen LogP contribution in [-0.4, -0.2) is 47.5 Å². The molecule has 0 unspecified atom stereocenters. The number of para-hydroxylation sites is 1. The Labute approximate surface area is 264 Å². The molecule has 4 aromatic rings. The van der Waals surface area contributed by atoms with Crippen LogP contribution in [0.1, 0.15) is 57.5 Å². The van der Waals surface area contributed by atoms with Crippen molar-refractivity contribution in [3.05, 3.63) is 90.2 Å². The average molecular weight is 632 g/mol. The molecule has 11 heteroatoms. The van der Waals surface area contributed by atoms with Gasteiger partial charge in [-0.05, 0) is 71.4 Å². The Balaban J connectivity index is 1.72. The molecule has 0 spiro atoms. The Hall–Kier alpha value is -4.64. The lowest BCUT2D eigenvalue weighted by molar-refractivity contribution is -0.143. The van der Waals surface area contributed by atoms with Crippen molar-refractivity contribution in [3.8, 4) is 11.5 Å². The van der Waals surface area contributed by atoms with Crippen molar-refractivity contribution < 1.29 is 28.5 Å². The van der Waals surface area contributed by atoms with Crippen LogP contribution in [-0.2, 0) is 25.6 Å². The highest BCUT2D eigenvalue weighted by molar-refractivity contribution is 7.07. The van der Waals surface area contributed by atoms with Gasteiger partial charge in [0.1, 0.15) is 6.54 Å². The van der Waals surface area contributed by atoms with Gasteiger partial charge < -0.3 is 23.5 Å². The highest BCUT2D eigenvalue weighted by atomic mass is 32.1. The number of allylic oxidation sites excluding steroid dienone is 1. The molecular weight excluding hydrogens is 594 g/mol. The Bertz CT molecular complexity index is 2000. The maximum Gasteiger partial charge on any atom is 0.338 e. The maximum atomic E-state index is 14.3. The molecule has 45 heavy (non-hydrogen) atoms. The third-order valence-electron chi connectivity index (χ3n) is 7.53. The molecule has 0 fully saturated rings. The molecule has 1 aliphatic heterocycles. The Kier molecular flexibility index (Phi) is 9.29. The molecule has 0 saturated carbocycles. The van der Waals surface area contributed by atoms with Gasteiger partial charge in [0.05, 0.1) is 48.3 Å². The fraction of sp³-hybridized carbons (Fsp3) is 0.353. The highest BCUT2D eigenvalue weighted by Crippen LogP contribution is 2.36. The molecular formula is C34H37N3O7S. The quantitative estimate of drug-likeness (QED) is 0.238. The predicted molar refractivity (Wildman–Crippen MR) is 172 cm³/mol. The predicted octanol–water partition coefficient (Wildman–Crippen LogP) is 4.42. The first-order valence-corrected chi connectivity index (χ1v) is 15.7. The van der Waals surface area contributed by atoms with Crippen LogP contribution in [0.2, 0.25) is 0 Å². The SMILES string of the molecule is CCOC(=O)Cn1c(C)c(/C=c2/sc3n(c2=O)[C@@H](c2ccc(OC(C)C)c(OC)c2)C(C(=O)OCC)=C(C)N=3)c2ccccc21. The van der Waals surface area contributed by atoms with Gasteiger partial charge in [-0.3, -0.25) is 14.2 Å². The van der Waals surface area contributed by atoms with Gasteiger partial charge in [-0.1, -0.05) is 35.6 Å². The number of methoxy groups -OCH3 is 1. The lowest BCUT2D eigenvalue weighted by Crippen LogP contribution is -2.40. The van der Waals surface area contributed by atoms with Gasteiger partial charge >= 0.3 is 11.9 Å². The average Bonchev–Trinajstić information content (AvgIpc) is 3.45. The molecule has 1 atom stereocenters. The van der Waals surface area contributed by atoms with Crippen LogP contribution in [0.5, 0.6) is 11.5 Å². The second-order valence-corrected chi connectivity index (χ2v) is 11.8. The zero-order chi connectivity index (χ0) is 32.4. The minimum atomic E-state index is -0.810. The van der Waals surface area contributed by atoms with Gasteiger partial charge in [0.15, 0.2) is 16.3 Å². The topological polar surface area (TPSA) is 110 Å². The van der Waals surface area contributed by atoms with Crippen molar-refractivity contribution in [3.63, 3.8) is 0 Å². The first kappa shape index (κ1) is 31.8. The van der Waals surface area contributed by atoms with E-state index in [2.05, 4.69) is 0 Å². The van der Waals surface area contributed by atoms with Gasteiger partial charge in [-0.25, -0.2) is 9.79 Å². The molecule has 10 nitrogen and oxygen atoms in total. The zero-order valence-corrected chi connectivity index (χ0v) is 27.3. The summed E-state index contributed by atoms with van der Waals surface area (Å²) in [5.41, 5.74) is 3.58. The summed E-state index contributed by atoms with van der Waals surface area (Å²) >= 11 is 1.24. The van der Waals surface area contributed by atoms with Crippen molar-refractivity contribution in [2.24, 2.45) is 4.99 Å². The molecule has 2 aromatic carbocycles. The number of fused-ring (bicyclic) bond motifs is 2. The van der Waals surface area contributed by atoms with Gasteiger partial charge in [0.25, 0.3) is 5.56 Å². The number of rotatable bonds is 10. The van der Waals surface area contributed by atoms with E-state index in [4.69, 9.17) is 23.9 Å². The van der Waals surface area contributed by atoms with Gasteiger partial charge in [0.2, 0.25) is 0 Å². The number of carbonyl (C=O) groups is 2. The van der Waals surface area contributed by atoms with Gasteiger partial charge in [-0.15, -0.1) is 0 Å². The van der Waals surface area contributed by atoms with Crippen LogP contribution in [0.4, 0.5) is 0 Å². The third kappa shape index (κ3) is 6.04. The summed E-state index contributed by atoms with van der Waals surface area (Å²) in [7, 11) is 1.55. The van der Waals surface area contributed by atoms with E-state index in [-0.39, 0.29) is 36.4 Å². The van der Waals surface area contributed by atoms with Crippen molar-refractivity contribution in [1.82, 2.24) is 9.13 Å². The number of esters is 2. The summed E-state index contributed by atoms with van der Waals surface area (Å²) in [4.78, 5) is 45.2. The van der Waals surface area contributed by atoms with E-state index in [1.54, 1.807) is 44.6 Å². The first-order valence-electron chi connectivity index (χ1n) is 14.9. The molecule has 0 radical (unpaired) electrons. The number of thiazole rings is 1. The molecule has 5 rings (SSSR count). The molecule has 1 aliphatic rings. The van der Waals surface area contributed by atoms with Crippen LogP contribution >= 0.6 is 11.3 Å². The van der Waals surface area contributed by atoms with Crippen LogP contribution in [0.15, 0.2) is 63.5 Å². The smallest absolute Gasteiger partial charge is 0.338 e. The second-order valence-electron chi connectivity index (χ2n) is 10.8. The van der Waals surface area contributed by atoms with Crippen LogP contribution in [0.3, 0.4) is 0 Å². The van der Waals surface area contributed by atoms with Gasteiger partial charge in [-0.2, -0.15) is 0 Å². The van der Waals surface area contributed by atoms with Crippen molar-refractivity contribution >= 4 is 40.3 Å². The summed E-state index contributed by atoms with van der Waals surface area (Å²) in [6.45, 7) is 11.5. The monoisotopic (exact) mass is 631 g/mol. The number of nitrogens with zero attached hydrogens (tertiary/aromatic N) is 3. The maximum absolute atomic E-state index is 14.3. The van der Waals surface area contributed by atoms with E-state index in [0.717, 1.165) is 22.2 Å². The second kappa shape index (κ2) is 13.2. The Morgan fingerprint density at radius 3 is 2.47 bits per heavy atom. The molecule has 2 aromatic heterocycles. The van der Waals surface area contributed by atoms with E-state index in [1.165, 1.54) is 11.3 Å². The number of hydrogen-bond donors (Lipinski definition) is 0. The Morgan fingerprint density at radius 1 is 1.04 bits per heavy atom. The minimum absolute atomic E-state index is 0.0513. The van der Waals surface area contributed by atoms with Crippen LogP contribution in [0.25, 0.3) is 17.0 Å². The van der Waals surface area contributed by atoms with Crippen LogP contribution in [0, 0.1) is 6.92 Å². The summed E-state index contributed by atoms with van der Waals surface area (Å²) in [5, 5.41) is 0.899. The number of aromatic nitrogens is 2. The Morgan fingerprint density at radius 2 is 1.78 bits per heavy atom.